The van der Waals surface area contributed by atoms with Gasteiger partial charge in [-0.15, -0.1) is 0 Å². The summed E-state index contributed by atoms with van der Waals surface area (Å²) < 4.78 is 1.20. The van der Waals surface area contributed by atoms with Crippen LogP contribution in [0.25, 0.3) is 0 Å². The highest BCUT2D eigenvalue weighted by atomic mass is 127. The topological polar surface area (TPSA) is 28.7 Å². The van der Waals surface area contributed by atoms with E-state index >= 15 is 0 Å². The first-order valence-electron chi connectivity index (χ1n) is 5.74. The monoisotopic (exact) mass is 340 g/mol. The van der Waals surface area contributed by atoms with Crippen LogP contribution in [-0.2, 0) is 11.8 Å². The van der Waals surface area contributed by atoms with E-state index < -0.39 is 0 Å². The number of halogens is 1. The predicted molar refractivity (Wildman–Crippen MR) is 79.3 cm³/mol. The summed E-state index contributed by atoms with van der Waals surface area (Å²) in [5.41, 5.74) is 4.02. The van der Waals surface area contributed by atoms with Crippen molar-refractivity contribution < 1.29 is 0 Å². The van der Waals surface area contributed by atoms with Gasteiger partial charge in [0.25, 0.3) is 0 Å². The Kier molecular flexibility index (Phi) is 3.56. The summed E-state index contributed by atoms with van der Waals surface area (Å²) in [6.07, 6.45) is 2.83. The third-order valence-corrected chi connectivity index (χ3v) is 3.79. The van der Waals surface area contributed by atoms with E-state index in [1.54, 1.807) is 0 Å². The van der Waals surface area contributed by atoms with Gasteiger partial charge in [-0.2, -0.15) is 5.10 Å². The average Bonchev–Trinajstić information content (AvgIpc) is 2.64. The molecule has 1 heterocycles. The molecule has 1 aromatic heterocycles. The molecule has 3 heteroatoms. The molecule has 0 radical (unpaired) electrons. The second-order valence-electron chi connectivity index (χ2n) is 5.30. The number of nitrogens with zero attached hydrogens (tertiary/aromatic N) is 1. The van der Waals surface area contributed by atoms with Gasteiger partial charge in [0, 0.05) is 12.6 Å². The highest BCUT2D eigenvalue weighted by molar-refractivity contribution is 14.1. The van der Waals surface area contributed by atoms with E-state index in [0.717, 1.165) is 12.1 Å². The molecular formula is C14H17IN2. The van der Waals surface area contributed by atoms with Gasteiger partial charge >= 0.3 is 0 Å². The van der Waals surface area contributed by atoms with Gasteiger partial charge in [0.2, 0.25) is 0 Å². The zero-order chi connectivity index (χ0) is 12.5. The number of hydrogen-bond donors (Lipinski definition) is 1. The molecule has 2 aromatic rings. The van der Waals surface area contributed by atoms with Crippen LogP contribution in [0.2, 0.25) is 0 Å². The van der Waals surface area contributed by atoms with Crippen molar-refractivity contribution in [1.29, 1.82) is 0 Å². The van der Waals surface area contributed by atoms with E-state index in [9.17, 15) is 0 Å². The Labute approximate surface area is 116 Å². The van der Waals surface area contributed by atoms with E-state index in [1.165, 1.54) is 14.7 Å². The number of benzene rings is 1. The van der Waals surface area contributed by atoms with Gasteiger partial charge in [-0.25, -0.2) is 0 Å². The maximum absolute atomic E-state index is 4.25. The molecule has 0 aliphatic rings. The van der Waals surface area contributed by atoms with Crippen LogP contribution in [0.3, 0.4) is 0 Å². The van der Waals surface area contributed by atoms with Gasteiger partial charge in [-0.3, -0.25) is 5.10 Å². The van der Waals surface area contributed by atoms with Crippen molar-refractivity contribution in [3.05, 3.63) is 50.9 Å². The lowest BCUT2D eigenvalue weighted by molar-refractivity contribution is 0.590. The summed E-state index contributed by atoms with van der Waals surface area (Å²) in [6.45, 7) is 6.70. The van der Waals surface area contributed by atoms with Crippen LogP contribution in [-0.4, -0.2) is 10.2 Å². The minimum absolute atomic E-state index is 0.222. The van der Waals surface area contributed by atoms with Crippen LogP contribution < -0.4 is 0 Å². The van der Waals surface area contributed by atoms with Gasteiger partial charge in [0.05, 0.1) is 9.26 Å². The number of nitrogens with one attached hydrogen (secondary N) is 1. The van der Waals surface area contributed by atoms with Crippen LogP contribution in [0.15, 0.2) is 30.5 Å². The lowest BCUT2D eigenvalue weighted by Crippen LogP contribution is -2.10. The molecule has 0 atom stereocenters. The third-order valence-electron chi connectivity index (χ3n) is 2.86. The minimum atomic E-state index is 0.222. The van der Waals surface area contributed by atoms with E-state index in [4.69, 9.17) is 0 Å². The standard InChI is InChI=1S/C14H17IN2/c1-14(2,3)11-6-4-10(5-7-11)8-13-12(15)9-16-17-13/h4-7,9H,8H2,1-3H3,(H,16,17). The summed E-state index contributed by atoms with van der Waals surface area (Å²) in [5, 5.41) is 7.15. The normalized spacial score (nSPS) is 11.8. The van der Waals surface area contributed by atoms with E-state index in [1.807, 2.05) is 6.20 Å². The minimum Gasteiger partial charge on any atom is -0.284 e. The Morgan fingerprint density at radius 3 is 2.29 bits per heavy atom. The fourth-order valence-corrected chi connectivity index (χ4v) is 2.19. The molecular weight excluding hydrogens is 323 g/mol. The van der Waals surface area contributed by atoms with Gasteiger partial charge in [-0.05, 0) is 39.1 Å². The molecule has 90 valence electrons. The van der Waals surface area contributed by atoms with Crippen LogP contribution in [0.5, 0.6) is 0 Å². The van der Waals surface area contributed by atoms with Crippen LogP contribution >= 0.6 is 22.6 Å². The van der Waals surface area contributed by atoms with Crippen molar-refractivity contribution in [3.63, 3.8) is 0 Å². The molecule has 0 saturated heterocycles. The molecule has 0 unspecified atom stereocenters. The number of H-pyrrole nitrogens is 1. The lowest BCUT2D eigenvalue weighted by Gasteiger charge is -2.19. The maximum atomic E-state index is 4.25. The Bertz CT molecular complexity index is 492. The number of hydrogen-bond acceptors (Lipinski definition) is 1. The number of rotatable bonds is 2. The Morgan fingerprint density at radius 2 is 1.82 bits per heavy atom. The smallest absolute Gasteiger partial charge is 0.0799 e. The summed E-state index contributed by atoms with van der Waals surface area (Å²) in [6, 6.07) is 8.83. The molecule has 0 saturated carbocycles. The SMILES string of the molecule is CC(C)(C)c1ccc(Cc2n[nH]cc2I)cc1. The summed E-state index contributed by atoms with van der Waals surface area (Å²) >= 11 is 2.31. The van der Waals surface area contributed by atoms with Crippen LogP contribution in [0, 0.1) is 3.57 Å². The van der Waals surface area contributed by atoms with Gasteiger partial charge in [0.15, 0.2) is 0 Å². The molecule has 0 aliphatic heterocycles. The Balaban J connectivity index is 2.17. The zero-order valence-corrected chi connectivity index (χ0v) is 12.6. The van der Waals surface area contributed by atoms with Crippen molar-refractivity contribution in [2.75, 3.05) is 0 Å². The molecule has 0 bridgehead atoms. The first-order chi connectivity index (χ1) is 7.97. The highest BCUT2D eigenvalue weighted by Crippen LogP contribution is 2.23. The molecule has 2 nitrogen and oxygen atoms in total. The largest absolute Gasteiger partial charge is 0.284 e. The second kappa shape index (κ2) is 4.80. The van der Waals surface area contributed by atoms with Gasteiger partial charge in [0.1, 0.15) is 0 Å². The van der Waals surface area contributed by atoms with E-state index in [0.29, 0.717) is 0 Å². The molecule has 2 rings (SSSR count). The van der Waals surface area contributed by atoms with Crippen LogP contribution in [0.1, 0.15) is 37.6 Å². The lowest BCUT2D eigenvalue weighted by atomic mass is 9.86. The maximum Gasteiger partial charge on any atom is 0.0799 e. The highest BCUT2D eigenvalue weighted by Gasteiger charge is 2.13. The van der Waals surface area contributed by atoms with Crippen molar-refractivity contribution >= 4 is 22.6 Å². The Hall–Kier alpha value is -0.840. The fraction of sp³-hybridized carbons (Fsp3) is 0.357. The summed E-state index contributed by atoms with van der Waals surface area (Å²) in [5.74, 6) is 0. The summed E-state index contributed by atoms with van der Waals surface area (Å²) in [4.78, 5) is 0. The molecule has 0 amide bonds. The van der Waals surface area contributed by atoms with Crippen molar-refractivity contribution in [1.82, 2.24) is 10.2 Å². The first kappa shape index (κ1) is 12.6. The number of aromatic nitrogens is 2. The molecule has 0 aliphatic carbocycles. The predicted octanol–water partition coefficient (Wildman–Crippen LogP) is 3.90. The quantitative estimate of drug-likeness (QED) is 0.826. The summed E-state index contributed by atoms with van der Waals surface area (Å²) in [7, 11) is 0. The van der Waals surface area contributed by atoms with E-state index in [-0.39, 0.29) is 5.41 Å². The Morgan fingerprint density at radius 1 is 1.18 bits per heavy atom. The van der Waals surface area contributed by atoms with Crippen molar-refractivity contribution in [2.24, 2.45) is 0 Å². The average molecular weight is 340 g/mol. The van der Waals surface area contributed by atoms with Crippen molar-refractivity contribution in [3.8, 4) is 0 Å². The second-order valence-corrected chi connectivity index (χ2v) is 6.47. The molecule has 1 aromatic carbocycles. The zero-order valence-electron chi connectivity index (χ0n) is 10.4. The molecule has 1 N–H and O–H groups in total. The fourth-order valence-electron chi connectivity index (χ4n) is 1.74. The van der Waals surface area contributed by atoms with Gasteiger partial charge < -0.3 is 0 Å². The van der Waals surface area contributed by atoms with Crippen LogP contribution in [0.4, 0.5) is 0 Å². The molecule has 17 heavy (non-hydrogen) atoms. The molecule has 0 fully saturated rings. The third kappa shape index (κ3) is 3.09. The van der Waals surface area contributed by atoms with Gasteiger partial charge in [-0.1, -0.05) is 45.0 Å². The van der Waals surface area contributed by atoms with Crippen molar-refractivity contribution in [2.45, 2.75) is 32.6 Å². The van der Waals surface area contributed by atoms with E-state index in [2.05, 4.69) is 77.8 Å². The first-order valence-corrected chi connectivity index (χ1v) is 6.82. The molecule has 0 spiro atoms. The number of aromatic amines is 1.